The summed E-state index contributed by atoms with van der Waals surface area (Å²) in [6, 6.07) is 17.4. The fourth-order valence-electron chi connectivity index (χ4n) is 3.20. The summed E-state index contributed by atoms with van der Waals surface area (Å²) >= 11 is 0. The van der Waals surface area contributed by atoms with E-state index in [1.54, 1.807) is 38.1 Å². The summed E-state index contributed by atoms with van der Waals surface area (Å²) in [7, 11) is -4.00. The Morgan fingerprint density at radius 2 is 1.37 bits per heavy atom. The molecule has 3 rings (SSSR count). The molecule has 0 radical (unpaired) electrons. The van der Waals surface area contributed by atoms with E-state index in [1.165, 1.54) is 43.3 Å². The van der Waals surface area contributed by atoms with Crippen molar-refractivity contribution in [3.63, 3.8) is 0 Å². The molecule has 9 nitrogen and oxygen atoms in total. The van der Waals surface area contributed by atoms with Crippen molar-refractivity contribution in [2.24, 2.45) is 0 Å². The van der Waals surface area contributed by atoms with E-state index in [-0.39, 0.29) is 40.5 Å². The summed E-state index contributed by atoms with van der Waals surface area (Å²) in [5, 5.41) is 5.39. The van der Waals surface area contributed by atoms with Crippen LogP contribution in [0.3, 0.4) is 0 Å². The van der Waals surface area contributed by atoms with Crippen LogP contribution < -0.4 is 24.8 Å². The summed E-state index contributed by atoms with van der Waals surface area (Å²) in [5.74, 6) is -0.110. The number of carbonyl (C=O) groups is 2. The van der Waals surface area contributed by atoms with Crippen LogP contribution in [-0.2, 0) is 14.8 Å². The van der Waals surface area contributed by atoms with Crippen molar-refractivity contribution in [3.05, 3.63) is 72.3 Å². The van der Waals surface area contributed by atoms with E-state index < -0.39 is 10.0 Å². The monoisotopic (exact) mass is 497 g/mol. The van der Waals surface area contributed by atoms with Gasteiger partial charge in [-0.25, -0.2) is 8.42 Å². The molecule has 0 saturated heterocycles. The molecule has 0 saturated carbocycles. The zero-order valence-corrected chi connectivity index (χ0v) is 20.4. The number of amides is 2. The third-order valence-electron chi connectivity index (χ3n) is 4.69. The molecule has 2 amide bonds. The second-order valence-electron chi connectivity index (χ2n) is 7.34. The van der Waals surface area contributed by atoms with Gasteiger partial charge in [-0.1, -0.05) is 18.2 Å². The van der Waals surface area contributed by atoms with Gasteiger partial charge in [-0.15, -0.1) is 0 Å². The fraction of sp³-hybridized carbons (Fsp3) is 0.200. The van der Waals surface area contributed by atoms with Crippen LogP contribution in [0.1, 0.15) is 31.1 Å². The van der Waals surface area contributed by atoms with Gasteiger partial charge in [-0.2, -0.15) is 0 Å². The predicted octanol–water partition coefficient (Wildman–Crippen LogP) is 4.50. The average molecular weight is 498 g/mol. The van der Waals surface area contributed by atoms with Gasteiger partial charge in [0.05, 0.1) is 29.5 Å². The van der Waals surface area contributed by atoms with E-state index in [2.05, 4.69) is 15.4 Å². The van der Waals surface area contributed by atoms with Crippen LogP contribution >= 0.6 is 0 Å². The zero-order chi connectivity index (χ0) is 25.4. The molecule has 0 aliphatic carbocycles. The van der Waals surface area contributed by atoms with Gasteiger partial charge in [-0.05, 0) is 50.2 Å². The quantitative estimate of drug-likeness (QED) is 0.379. The molecule has 3 aromatic rings. The minimum absolute atomic E-state index is 0.00605. The second kappa shape index (κ2) is 11.4. The first-order valence-corrected chi connectivity index (χ1v) is 12.4. The summed E-state index contributed by atoms with van der Waals surface area (Å²) < 4.78 is 40.0. The van der Waals surface area contributed by atoms with E-state index in [9.17, 15) is 18.0 Å². The first-order chi connectivity index (χ1) is 16.7. The molecule has 184 valence electrons. The Labute approximate surface area is 204 Å². The van der Waals surface area contributed by atoms with Crippen LogP contribution in [0.2, 0.25) is 0 Å². The molecule has 0 aliphatic rings. The molecule has 3 aromatic carbocycles. The maximum absolute atomic E-state index is 13.0. The van der Waals surface area contributed by atoms with Gasteiger partial charge < -0.3 is 20.1 Å². The van der Waals surface area contributed by atoms with E-state index in [0.29, 0.717) is 23.5 Å². The molecule has 0 fully saturated rings. The first kappa shape index (κ1) is 25.6. The van der Waals surface area contributed by atoms with Gasteiger partial charge in [0.25, 0.3) is 15.9 Å². The van der Waals surface area contributed by atoms with Crippen molar-refractivity contribution >= 4 is 38.9 Å². The van der Waals surface area contributed by atoms with E-state index in [4.69, 9.17) is 9.47 Å². The van der Waals surface area contributed by atoms with Crippen LogP contribution in [0.5, 0.6) is 11.5 Å². The second-order valence-corrected chi connectivity index (χ2v) is 9.02. The minimum Gasteiger partial charge on any atom is -0.492 e. The van der Waals surface area contributed by atoms with Crippen molar-refractivity contribution in [3.8, 4) is 11.5 Å². The predicted molar refractivity (Wildman–Crippen MR) is 135 cm³/mol. The van der Waals surface area contributed by atoms with Crippen LogP contribution in [0.25, 0.3) is 0 Å². The number of hydrogen-bond acceptors (Lipinski definition) is 6. The van der Waals surface area contributed by atoms with E-state index in [0.717, 1.165) is 0 Å². The van der Waals surface area contributed by atoms with Crippen LogP contribution in [0, 0.1) is 0 Å². The van der Waals surface area contributed by atoms with Crippen LogP contribution in [0.15, 0.2) is 71.6 Å². The average Bonchev–Trinajstić information content (AvgIpc) is 2.82. The number of sulfonamides is 1. The summed E-state index contributed by atoms with van der Waals surface area (Å²) in [5.41, 5.74) is 1.43. The van der Waals surface area contributed by atoms with Gasteiger partial charge in [0.1, 0.15) is 11.5 Å². The number of hydrogen-bond donors (Lipinski definition) is 3. The lowest BCUT2D eigenvalue weighted by atomic mass is 10.2. The standard InChI is InChI=1S/C25H27N3O6S/c1-4-33-23-16-22(28-35(31,32)20-13-11-19(12-14-20)26-17(3)29)24(34-5-2)15-21(23)27-25(30)18-9-7-6-8-10-18/h6-16,28H,4-5H2,1-3H3,(H,26,29)(H,27,30). The van der Waals surface area contributed by atoms with Gasteiger partial charge in [0.2, 0.25) is 5.91 Å². The lowest BCUT2D eigenvalue weighted by molar-refractivity contribution is -0.114. The molecule has 0 aromatic heterocycles. The molecule has 35 heavy (non-hydrogen) atoms. The number of anilines is 3. The maximum atomic E-state index is 13.0. The molecule has 0 atom stereocenters. The van der Waals surface area contributed by atoms with E-state index >= 15 is 0 Å². The highest BCUT2D eigenvalue weighted by Gasteiger charge is 2.21. The summed E-state index contributed by atoms with van der Waals surface area (Å²) in [4.78, 5) is 23.9. The Bertz CT molecular complexity index is 1290. The molecule has 0 heterocycles. The third-order valence-corrected chi connectivity index (χ3v) is 6.08. The highest BCUT2D eigenvalue weighted by molar-refractivity contribution is 7.92. The summed E-state index contributed by atoms with van der Waals surface area (Å²) in [6.45, 7) is 5.46. The Hall–Kier alpha value is -4.05. The summed E-state index contributed by atoms with van der Waals surface area (Å²) in [6.07, 6.45) is 0. The molecule has 3 N–H and O–H groups in total. The third kappa shape index (κ3) is 6.73. The Balaban J connectivity index is 1.94. The molecular weight excluding hydrogens is 470 g/mol. The van der Waals surface area contributed by atoms with Crippen LogP contribution in [0.4, 0.5) is 17.1 Å². The zero-order valence-electron chi connectivity index (χ0n) is 19.6. The molecule has 0 bridgehead atoms. The normalized spacial score (nSPS) is 10.8. The van der Waals surface area contributed by atoms with Crippen molar-refractivity contribution in [2.45, 2.75) is 25.7 Å². The lowest BCUT2D eigenvalue weighted by Crippen LogP contribution is -2.16. The van der Waals surface area contributed by atoms with Gasteiger partial charge in [0.15, 0.2) is 0 Å². The van der Waals surface area contributed by atoms with Crippen molar-refractivity contribution in [1.82, 2.24) is 0 Å². The Morgan fingerprint density at radius 1 is 0.800 bits per heavy atom. The molecule has 0 aliphatic heterocycles. The van der Waals surface area contributed by atoms with E-state index in [1.807, 2.05) is 6.07 Å². The SMILES string of the molecule is CCOc1cc(NS(=O)(=O)c2ccc(NC(C)=O)cc2)c(OCC)cc1NC(=O)c1ccccc1. The number of ether oxygens (including phenoxy) is 2. The minimum atomic E-state index is -4.00. The smallest absolute Gasteiger partial charge is 0.262 e. The molecule has 10 heteroatoms. The number of carbonyl (C=O) groups excluding carboxylic acids is 2. The topological polar surface area (TPSA) is 123 Å². The van der Waals surface area contributed by atoms with Gasteiger partial charge >= 0.3 is 0 Å². The number of nitrogens with one attached hydrogen (secondary N) is 3. The Morgan fingerprint density at radius 3 is 1.94 bits per heavy atom. The lowest BCUT2D eigenvalue weighted by Gasteiger charge is -2.18. The van der Waals surface area contributed by atoms with Gasteiger partial charge in [0, 0.05) is 30.3 Å². The highest BCUT2D eigenvalue weighted by Crippen LogP contribution is 2.38. The highest BCUT2D eigenvalue weighted by atomic mass is 32.2. The van der Waals surface area contributed by atoms with Crippen molar-refractivity contribution in [1.29, 1.82) is 0 Å². The molecule has 0 unspecified atom stereocenters. The molecular formula is C25H27N3O6S. The van der Waals surface area contributed by atoms with Crippen molar-refractivity contribution in [2.75, 3.05) is 28.6 Å². The largest absolute Gasteiger partial charge is 0.492 e. The molecule has 0 spiro atoms. The number of rotatable bonds is 10. The van der Waals surface area contributed by atoms with Gasteiger partial charge in [-0.3, -0.25) is 14.3 Å². The fourth-order valence-corrected chi connectivity index (χ4v) is 4.26. The maximum Gasteiger partial charge on any atom is 0.262 e. The first-order valence-electron chi connectivity index (χ1n) is 10.9. The number of benzene rings is 3. The van der Waals surface area contributed by atoms with Crippen molar-refractivity contribution < 1.29 is 27.5 Å². The van der Waals surface area contributed by atoms with Crippen LogP contribution in [-0.4, -0.2) is 33.4 Å². The Kier molecular flexibility index (Phi) is 8.32.